The standard InChI is InChI=1S/C20H25F2N3O4/c1-20(21,22)16(13-5-3-2-4-6-13)24-19(29)25-15(18(27)28)14(17(25)26)11-12-7-9-23-10-8-12/h7-10,13-16H,2-6,11H2,1H3,(H,24,29)(H,27,28)/t14?,15-,16-/m0/s1. The van der Waals surface area contributed by atoms with Crippen LogP contribution in [-0.4, -0.2) is 50.9 Å². The van der Waals surface area contributed by atoms with Crippen molar-refractivity contribution in [2.75, 3.05) is 0 Å². The molecule has 7 nitrogen and oxygen atoms in total. The summed E-state index contributed by atoms with van der Waals surface area (Å²) in [6, 6.07) is -0.562. The second kappa shape index (κ2) is 8.42. The Bertz CT molecular complexity index is 763. The smallest absolute Gasteiger partial charge is 0.327 e. The third-order valence-corrected chi connectivity index (χ3v) is 5.84. The molecule has 2 fully saturated rings. The van der Waals surface area contributed by atoms with E-state index in [-0.39, 0.29) is 6.42 Å². The number of rotatable bonds is 6. The Morgan fingerprint density at radius 2 is 1.90 bits per heavy atom. The van der Waals surface area contributed by atoms with Gasteiger partial charge in [-0.25, -0.2) is 23.3 Å². The quantitative estimate of drug-likeness (QED) is 0.704. The highest BCUT2D eigenvalue weighted by atomic mass is 19.3. The van der Waals surface area contributed by atoms with Gasteiger partial charge in [0.1, 0.15) is 0 Å². The van der Waals surface area contributed by atoms with Gasteiger partial charge in [-0.1, -0.05) is 19.3 Å². The fraction of sp³-hybridized carbons (Fsp3) is 0.600. The summed E-state index contributed by atoms with van der Waals surface area (Å²) in [6.07, 6.45) is 6.90. The first kappa shape index (κ1) is 21.1. The van der Waals surface area contributed by atoms with Crippen molar-refractivity contribution in [2.45, 2.75) is 63.5 Å². The fourth-order valence-corrected chi connectivity index (χ4v) is 4.36. The van der Waals surface area contributed by atoms with Gasteiger partial charge >= 0.3 is 12.0 Å². The molecule has 2 heterocycles. The van der Waals surface area contributed by atoms with Crippen LogP contribution in [0.1, 0.15) is 44.6 Å². The Morgan fingerprint density at radius 3 is 2.45 bits per heavy atom. The highest BCUT2D eigenvalue weighted by Crippen LogP contribution is 2.35. The molecule has 2 aliphatic rings. The molecule has 1 aromatic heterocycles. The largest absolute Gasteiger partial charge is 0.480 e. The molecule has 29 heavy (non-hydrogen) atoms. The van der Waals surface area contributed by atoms with Crippen LogP contribution < -0.4 is 5.32 Å². The van der Waals surface area contributed by atoms with Crippen LogP contribution in [0.15, 0.2) is 24.5 Å². The summed E-state index contributed by atoms with van der Waals surface area (Å²) >= 11 is 0. The number of β-lactam (4-membered cyclic amide) rings is 1. The molecule has 1 aliphatic heterocycles. The number of nitrogens with one attached hydrogen (secondary N) is 1. The zero-order chi connectivity index (χ0) is 21.2. The van der Waals surface area contributed by atoms with Gasteiger partial charge < -0.3 is 10.4 Å². The van der Waals surface area contributed by atoms with E-state index in [1.54, 1.807) is 12.1 Å². The first-order chi connectivity index (χ1) is 13.7. The van der Waals surface area contributed by atoms with E-state index in [2.05, 4.69) is 10.3 Å². The molecule has 0 aromatic carbocycles. The number of urea groups is 1. The van der Waals surface area contributed by atoms with E-state index >= 15 is 0 Å². The number of aliphatic carboxylic acids is 1. The minimum atomic E-state index is -3.18. The molecule has 9 heteroatoms. The van der Waals surface area contributed by atoms with E-state index in [0.717, 1.165) is 26.2 Å². The summed E-state index contributed by atoms with van der Waals surface area (Å²) < 4.78 is 28.4. The Morgan fingerprint density at radius 1 is 1.28 bits per heavy atom. The summed E-state index contributed by atoms with van der Waals surface area (Å²) in [7, 11) is 0. The average Bonchev–Trinajstić information content (AvgIpc) is 2.68. The maximum absolute atomic E-state index is 14.2. The van der Waals surface area contributed by atoms with Crippen LogP contribution in [0.4, 0.5) is 13.6 Å². The second-order valence-corrected chi connectivity index (χ2v) is 7.94. The van der Waals surface area contributed by atoms with Gasteiger partial charge in [0.05, 0.1) is 12.0 Å². The van der Waals surface area contributed by atoms with Crippen LogP contribution in [0.25, 0.3) is 0 Å². The monoisotopic (exact) mass is 409 g/mol. The van der Waals surface area contributed by atoms with Crippen LogP contribution >= 0.6 is 0 Å². The molecular weight excluding hydrogens is 384 g/mol. The average molecular weight is 409 g/mol. The van der Waals surface area contributed by atoms with E-state index in [1.807, 2.05) is 0 Å². The predicted octanol–water partition coefficient (Wildman–Crippen LogP) is 2.85. The Hall–Kier alpha value is -2.58. The van der Waals surface area contributed by atoms with E-state index < -0.39 is 47.7 Å². The number of carboxylic acid groups (broad SMARTS) is 1. The molecule has 3 atom stereocenters. The number of halogens is 2. The van der Waals surface area contributed by atoms with Crippen LogP contribution in [0, 0.1) is 11.8 Å². The SMILES string of the molecule is CC(F)(F)[C@@H](NC(=O)N1C(=O)C(Cc2ccncc2)[C@H]1C(=O)O)C1CCCCC1. The fourth-order valence-electron chi connectivity index (χ4n) is 4.36. The van der Waals surface area contributed by atoms with Gasteiger partial charge in [-0.3, -0.25) is 9.78 Å². The molecule has 0 spiro atoms. The van der Waals surface area contributed by atoms with Gasteiger partial charge in [0.15, 0.2) is 6.04 Å². The number of carboxylic acids is 1. The molecule has 1 saturated carbocycles. The van der Waals surface area contributed by atoms with E-state index in [4.69, 9.17) is 0 Å². The van der Waals surface area contributed by atoms with Crippen molar-refractivity contribution in [2.24, 2.45) is 11.8 Å². The number of aromatic nitrogens is 1. The van der Waals surface area contributed by atoms with Gasteiger partial charge in [0, 0.05) is 19.3 Å². The lowest BCUT2D eigenvalue weighted by Gasteiger charge is -2.44. The summed E-state index contributed by atoms with van der Waals surface area (Å²) in [5, 5.41) is 11.8. The molecule has 1 saturated heterocycles. The highest BCUT2D eigenvalue weighted by molar-refractivity contribution is 6.07. The number of imide groups is 1. The molecular formula is C20H25F2N3O4. The zero-order valence-corrected chi connectivity index (χ0v) is 16.2. The normalized spacial score (nSPS) is 24.0. The third-order valence-electron chi connectivity index (χ3n) is 5.84. The van der Waals surface area contributed by atoms with E-state index in [1.165, 1.54) is 12.4 Å². The number of amides is 3. The topological polar surface area (TPSA) is 99.6 Å². The number of carbonyl (C=O) groups is 3. The Kier molecular flexibility index (Phi) is 6.14. The lowest BCUT2D eigenvalue weighted by atomic mass is 9.81. The number of alkyl halides is 2. The number of carbonyl (C=O) groups excluding carboxylic acids is 2. The van der Waals surface area contributed by atoms with Gasteiger partial charge in [0.25, 0.3) is 5.92 Å². The summed E-state index contributed by atoms with van der Waals surface area (Å²) in [5.41, 5.74) is 0.713. The van der Waals surface area contributed by atoms with Crippen LogP contribution in [-0.2, 0) is 16.0 Å². The number of pyridine rings is 1. The summed E-state index contributed by atoms with van der Waals surface area (Å²) in [4.78, 5) is 41.3. The number of likely N-dealkylation sites (tertiary alicyclic amines) is 1. The molecule has 3 rings (SSSR count). The highest BCUT2D eigenvalue weighted by Gasteiger charge is 2.55. The lowest BCUT2D eigenvalue weighted by molar-refractivity contribution is -0.165. The molecule has 0 bridgehead atoms. The van der Waals surface area contributed by atoms with E-state index in [0.29, 0.717) is 23.3 Å². The van der Waals surface area contributed by atoms with Gasteiger partial charge in [-0.05, 0) is 42.9 Å². The maximum atomic E-state index is 14.2. The van der Waals surface area contributed by atoms with Crippen molar-refractivity contribution in [3.05, 3.63) is 30.1 Å². The molecule has 1 unspecified atom stereocenters. The van der Waals surface area contributed by atoms with Crippen molar-refractivity contribution < 1.29 is 28.3 Å². The Labute approximate surface area is 167 Å². The predicted molar refractivity (Wildman–Crippen MR) is 99.2 cm³/mol. The first-order valence-corrected chi connectivity index (χ1v) is 9.83. The van der Waals surface area contributed by atoms with Gasteiger partial charge in [-0.15, -0.1) is 0 Å². The van der Waals surface area contributed by atoms with Crippen molar-refractivity contribution >= 4 is 17.9 Å². The van der Waals surface area contributed by atoms with Crippen molar-refractivity contribution in [3.63, 3.8) is 0 Å². The van der Waals surface area contributed by atoms with Crippen LogP contribution in [0.5, 0.6) is 0 Å². The minimum absolute atomic E-state index is 0.137. The first-order valence-electron chi connectivity index (χ1n) is 9.83. The van der Waals surface area contributed by atoms with E-state index in [9.17, 15) is 28.3 Å². The van der Waals surface area contributed by atoms with Gasteiger partial charge in [-0.2, -0.15) is 0 Å². The van der Waals surface area contributed by atoms with Crippen molar-refractivity contribution in [3.8, 4) is 0 Å². The van der Waals surface area contributed by atoms with Crippen LogP contribution in [0.2, 0.25) is 0 Å². The van der Waals surface area contributed by atoms with Crippen LogP contribution in [0.3, 0.4) is 0 Å². The molecule has 158 valence electrons. The number of hydrogen-bond donors (Lipinski definition) is 2. The summed E-state index contributed by atoms with van der Waals surface area (Å²) in [5.74, 6) is -6.51. The van der Waals surface area contributed by atoms with Crippen molar-refractivity contribution in [1.29, 1.82) is 0 Å². The molecule has 1 aromatic rings. The summed E-state index contributed by atoms with van der Waals surface area (Å²) in [6.45, 7) is 0.741. The lowest BCUT2D eigenvalue weighted by Crippen LogP contribution is -2.70. The second-order valence-electron chi connectivity index (χ2n) is 7.94. The third kappa shape index (κ3) is 4.54. The molecule has 2 N–H and O–H groups in total. The van der Waals surface area contributed by atoms with Crippen molar-refractivity contribution in [1.82, 2.24) is 15.2 Å². The zero-order valence-electron chi connectivity index (χ0n) is 16.2. The number of nitrogens with zero attached hydrogens (tertiary/aromatic N) is 2. The minimum Gasteiger partial charge on any atom is -0.480 e. The molecule has 1 aliphatic carbocycles. The Balaban J connectivity index is 1.73. The maximum Gasteiger partial charge on any atom is 0.327 e. The van der Waals surface area contributed by atoms with Gasteiger partial charge in [0.2, 0.25) is 5.91 Å². The molecule has 0 radical (unpaired) electrons. The number of hydrogen-bond acceptors (Lipinski definition) is 4. The molecule has 3 amide bonds.